The summed E-state index contributed by atoms with van der Waals surface area (Å²) in [6.07, 6.45) is 12.0. The van der Waals surface area contributed by atoms with Crippen LogP contribution in [0.25, 0.3) is 0 Å². The molecule has 1 saturated heterocycles. The van der Waals surface area contributed by atoms with Crippen LogP contribution in [0.5, 0.6) is 11.6 Å². The van der Waals surface area contributed by atoms with Crippen molar-refractivity contribution in [2.75, 3.05) is 42.3 Å². The number of piperidine rings is 1. The Kier molecular flexibility index (Phi) is 11.2. The first kappa shape index (κ1) is 27.9. The van der Waals surface area contributed by atoms with Crippen LogP contribution in [0.2, 0.25) is 0 Å². The molecule has 3 heterocycles. The molecule has 0 spiro atoms. The zero-order valence-electron chi connectivity index (χ0n) is 20.7. The largest absolute Gasteiger partial charge is 0.501 e. The Morgan fingerprint density at radius 3 is 2.63 bits per heavy atom. The van der Waals surface area contributed by atoms with Crippen LogP contribution in [0, 0.1) is 19.8 Å². The predicted octanol–water partition coefficient (Wildman–Crippen LogP) is 4.04. The van der Waals surface area contributed by atoms with Gasteiger partial charge in [-0.3, -0.25) is 0 Å². The lowest BCUT2D eigenvalue weighted by molar-refractivity contribution is 0.0500. The Morgan fingerprint density at radius 2 is 2.00 bits per heavy atom. The number of nitrogens with zero attached hydrogens (tertiary/aromatic N) is 4. The average Bonchev–Trinajstić information content (AvgIpc) is 2.84. The Balaban J connectivity index is 0.00000210. The quantitative estimate of drug-likeness (QED) is 0.342. The molecule has 0 unspecified atom stereocenters. The Labute approximate surface area is 211 Å². The smallest absolute Gasteiger partial charge is 0.410 e. The van der Waals surface area contributed by atoms with Crippen LogP contribution < -0.4 is 15.4 Å². The first-order valence-corrected chi connectivity index (χ1v) is 12.7. The van der Waals surface area contributed by atoms with Crippen molar-refractivity contribution in [2.24, 2.45) is 0 Å². The topological polar surface area (TPSA) is 122 Å². The highest BCUT2D eigenvalue weighted by molar-refractivity contribution is 7.98. The molecular formula is C24H34N6O4S. The van der Waals surface area contributed by atoms with Gasteiger partial charge in [0.2, 0.25) is 5.75 Å². The fourth-order valence-electron chi connectivity index (χ4n) is 3.33. The third-order valence-corrected chi connectivity index (χ3v) is 5.67. The lowest BCUT2D eigenvalue weighted by atomic mass is 10.1. The number of carbonyl (C=O) groups is 1. The first-order chi connectivity index (χ1) is 16.9. The summed E-state index contributed by atoms with van der Waals surface area (Å²) >= 11 is 1.77. The number of rotatable bonds is 9. The van der Waals surface area contributed by atoms with Gasteiger partial charge in [-0.2, -0.15) is 16.7 Å². The minimum atomic E-state index is -0.311. The molecule has 1 aliphatic rings. The molecule has 0 saturated carbocycles. The maximum Gasteiger partial charge on any atom is 0.410 e. The van der Waals surface area contributed by atoms with E-state index in [1.165, 1.54) is 6.33 Å². The minimum Gasteiger partial charge on any atom is -0.501 e. The molecule has 10 nitrogen and oxygen atoms in total. The SMILES string of the molecule is C#C.CSCCNc1ccc(Nc2ncnc(OC3CCN(C(=O)OC(C)C)CC3)c2O)c(C)n1. The van der Waals surface area contributed by atoms with Crippen molar-refractivity contribution in [3.05, 3.63) is 24.2 Å². The van der Waals surface area contributed by atoms with Crippen molar-refractivity contribution in [3.63, 3.8) is 0 Å². The normalized spacial score (nSPS) is 13.5. The first-order valence-electron chi connectivity index (χ1n) is 11.3. The van der Waals surface area contributed by atoms with Crippen molar-refractivity contribution in [3.8, 4) is 24.5 Å². The number of thioether (sulfide) groups is 1. The van der Waals surface area contributed by atoms with Crippen LogP contribution in [-0.2, 0) is 4.74 Å². The molecule has 0 radical (unpaired) electrons. The second kappa shape index (κ2) is 14.1. The van der Waals surface area contributed by atoms with Gasteiger partial charge in [0.1, 0.15) is 18.2 Å². The van der Waals surface area contributed by atoms with Gasteiger partial charge in [0, 0.05) is 38.2 Å². The Hall–Kier alpha value is -3.39. The van der Waals surface area contributed by atoms with Crippen molar-refractivity contribution in [1.29, 1.82) is 0 Å². The highest BCUT2D eigenvalue weighted by Crippen LogP contribution is 2.34. The number of hydrogen-bond donors (Lipinski definition) is 3. The van der Waals surface area contributed by atoms with Gasteiger partial charge >= 0.3 is 6.09 Å². The summed E-state index contributed by atoms with van der Waals surface area (Å²) in [5.41, 5.74) is 1.49. The second-order valence-electron chi connectivity index (χ2n) is 7.99. The van der Waals surface area contributed by atoms with E-state index in [0.29, 0.717) is 25.9 Å². The van der Waals surface area contributed by atoms with Crippen molar-refractivity contribution < 1.29 is 19.4 Å². The van der Waals surface area contributed by atoms with Crippen LogP contribution in [0.4, 0.5) is 22.1 Å². The molecule has 190 valence electrons. The molecule has 0 aliphatic carbocycles. The Morgan fingerprint density at radius 1 is 1.29 bits per heavy atom. The number of anilines is 3. The van der Waals surface area contributed by atoms with E-state index < -0.39 is 0 Å². The highest BCUT2D eigenvalue weighted by Gasteiger charge is 2.27. The molecule has 2 aromatic rings. The number of aromatic nitrogens is 3. The number of ether oxygens (including phenoxy) is 2. The van der Waals surface area contributed by atoms with Crippen molar-refractivity contribution in [1.82, 2.24) is 19.9 Å². The van der Waals surface area contributed by atoms with Crippen LogP contribution >= 0.6 is 11.8 Å². The van der Waals surface area contributed by atoms with E-state index in [2.05, 4.69) is 44.7 Å². The summed E-state index contributed by atoms with van der Waals surface area (Å²) in [6.45, 7) is 7.42. The summed E-state index contributed by atoms with van der Waals surface area (Å²) in [6, 6.07) is 3.77. The number of aryl methyl sites for hydroxylation is 1. The van der Waals surface area contributed by atoms with E-state index in [9.17, 15) is 9.90 Å². The van der Waals surface area contributed by atoms with E-state index in [4.69, 9.17) is 9.47 Å². The van der Waals surface area contributed by atoms with Crippen molar-refractivity contribution in [2.45, 2.75) is 45.8 Å². The van der Waals surface area contributed by atoms with Crippen LogP contribution in [0.1, 0.15) is 32.4 Å². The maximum absolute atomic E-state index is 12.0. The molecule has 0 atom stereocenters. The molecule has 0 bridgehead atoms. The number of nitrogens with one attached hydrogen (secondary N) is 2. The van der Waals surface area contributed by atoms with Gasteiger partial charge in [-0.25, -0.2) is 14.8 Å². The van der Waals surface area contributed by atoms with E-state index in [-0.39, 0.29) is 35.7 Å². The van der Waals surface area contributed by atoms with E-state index in [0.717, 1.165) is 29.5 Å². The molecule has 1 fully saturated rings. The molecule has 3 N–H and O–H groups in total. The van der Waals surface area contributed by atoms with E-state index >= 15 is 0 Å². The molecule has 0 aromatic carbocycles. The van der Waals surface area contributed by atoms with Gasteiger partial charge in [0.05, 0.1) is 17.5 Å². The average molecular weight is 503 g/mol. The summed E-state index contributed by atoms with van der Waals surface area (Å²) in [7, 11) is 0. The Bertz CT molecular complexity index is 980. The van der Waals surface area contributed by atoms with Crippen molar-refractivity contribution >= 4 is 35.2 Å². The number of aromatic hydroxyl groups is 1. The summed E-state index contributed by atoms with van der Waals surface area (Å²) in [5.74, 6) is 1.98. The van der Waals surface area contributed by atoms with Crippen LogP contribution in [0.3, 0.4) is 0 Å². The monoisotopic (exact) mass is 502 g/mol. The van der Waals surface area contributed by atoms with Gasteiger partial charge in [-0.15, -0.1) is 12.8 Å². The predicted molar refractivity (Wildman–Crippen MR) is 140 cm³/mol. The third kappa shape index (κ3) is 8.40. The molecule has 11 heteroatoms. The number of hydrogen-bond acceptors (Lipinski definition) is 10. The zero-order chi connectivity index (χ0) is 25.8. The zero-order valence-corrected chi connectivity index (χ0v) is 21.5. The molecular weight excluding hydrogens is 468 g/mol. The number of pyridine rings is 1. The summed E-state index contributed by atoms with van der Waals surface area (Å²) in [5, 5.41) is 17.1. The van der Waals surface area contributed by atoms with Crippen LogP contribution in [-0.4, -0.2) is 74.9 Å². The van der Waals surface area contributed by atoms with Gasteiger partial charge in [-0.05, 0) is 39.2 Å². The molecule has 3 rings (SSSR count). The summed E-state index contributed by atoms with van der Waals surface area (Å²) in [4.78, 5) is 26.5. The van der Waals surface area contributed by atoms with E-state index in [1.54, 1.807) is 16.7 Å². The lowest BCUT2D eigenvalue weighted by Crippen LogP contribution is -2.42. The van der Waals surface area contributed by atoms with E-state index in [1.807, 2.05) is 32.9 Å². The highest BCUT2D eigenvalue weighted by atomic mass is 32.2. The van der Waals surface area contributed by atoms with Crippen LogP contribution in [0.15, 0.2) is 18.5 Å². The van der Waals surface area contributed by atoms with Gasteiger partial charge < -0.3 is 30.1 Å². The van der Waals surface area contributed by atoms with Gasteiger partial charge in [0.25, 0.3) is 5.88 Å². The molecule has 35 heavy (non-hydrogen) atoms. The summed E-state index contributed by atoms with van der Waals surface area (Å²) < 4.78 is 11.2. The fraction of sp³-hybridized carbons (Fsp3) is 0.500. The van der Waals surface area contributed by atoms with Gasteiger partial charge in [0.15, 0.2) is 5.82 Å². The fourth-order valence-corrected chi connectivity index (χ4v) is 3.64. The lowest BCUT2D eigenvalue weighted by Gasteiger charge is -2.31. The number of amides is 1. The molecule has 1 amide bonds. The standard InChI is InChI=1S/C22H32N6O4S.C2H2/c1-14(2)31-22(30)28-10-7-16(8-11-28)32-21-19(29)20(24-13-25-21)27-17-5-6-18(26-15(17)3)23-9-12-33-4;1-2/h5-6,13-14,16,29H,7-12H2,1-4H3,(H,23,26)(H,24,25,27);1-2H. The van der Waals surface area contributed by atoms with Gasteiger partial charge in [-0.1, -0.05) is 0 Å². The minimum absolute atomic E-state index is 0.108. The third-order valence-electron chi connectivity index (χ3n) is 5.05. The maximum atomic E-state index is 12.0. The molecule has 2 aromatic heterocycles. The number of likely N-dealkylation sites (tertiary alicyclic amines) is 1. The second-order valence-corrected chi connectivity index (χ2v) is 8.97. The number of terminal acetylenes is 1. The molecule has 1 aliphatic heterocycles. The number of carbonyl (C=O) groups excluding carboxylic acids is 1.